The number of halogens is 1. The summed E-state index contributed by atoms with van der Waals surface area (Å²) in [4.78, 5) is 0. The monoisotopic (exact) mass is 241 g/mol. The van der Waals surface area contributed by atoms with E-state index in [0.717, 1.165) is 0 Å². The van der Waals surface area contributed by atoms with Gasteiger partial charge in [-0.1, -0.05) is 11.6 Å². The number of aromatic amines is 1. The maximum atomic E-state index is 9.36. The number of rotatable bonds is 1. The molecule has 0 bridgehead atoms. The van der Waals surface area contributed by atoms with Crippen molar-refractivity contribution >= 4 is 23.8 Å². The van der Waals surface area contributed by atoms with Crippen LogP contribution < -0.4 is 0 Å². The quantitative estimate of drug-likeness (QED) is 0.755. The molecule has 1 aromatic heterocycles. The summed E-state index contributed by atoms with van der Waals surface area (Å²) in [6.07, 6.45) is 0. The van der Waals surface area contributed by atoms with E-state index in [1.54, 1.807) is 23.7 Å². The first-order valence-corrected chi connectivity index (χ1v) is 4.98. The number of nitrogens with one attached hydrogen (secondary N) is 1. The second-order valence-corrected chi connectivity index (χ2v) is 3.87. The third-order valence-corrected chi connectivity index (χ3v) is 2.77. The molecule has 0 aliphatic carbocycles. The van der Waals surface area contributed by atoms with Gasteiger partial charge in [0.15, 0.2) is 10.6 Å². The van der Waals surface area contributed by atoms with Crippen LogP contribution in [0.5, 0.6) is 5.75 Å². The summed E-state index contributed by atoms with van der Waals surface area (Å²) in [5.41, 5.74) is 0.645. The zero-order chi connectivity index (χ0) is 11.0. The number of benzene rings is 1. The van der Waals surface area contributed by atoms with Crippen molar-refractivity contribution in [1.82, 2.24) is 14.8 Å². The van der Waals surface area contributed by atoms with Crippen molar-refractivity contribution in [3.63, 3.8) is 0 Å². The van der Waals surface area contributed by atoms with Crippen LogP contribution in [0.2, 0.25) is 5.02 Å². The van der Waals surface area contributed by atoms with E-state index in [9.17, 15) is 5.11 Å². The number of H-pyrrole nitrogens is 1. The molecule has 1 aromatic carbocycles. The van der Waals surface area contributed by atoms with Crippen LogP contribution in [-0.2, 0) is 7.05 Å². The van der Waals surface area contributed by atoms with E-state index in [1.165, 1.54) is 6.07 Å². The number of aromatic nitrogens is 3. The van der Waals surface area contributed by atoms with Crippen LogP contribution in [0.4, 0.5) is 0 Å². The van der Waals surface area contributed by atoms with E-state index in [4.69, 9.17) is 23.8 Å². The number of phenolic OH excluding ortho intramolecular Hbond substituents is 1. The third-order valence-electron chi connectivity index (χ3n) is 2.07. The molecular formula is C9H8ClN3OS. The normalized spacial score (nSPS) is 10.5. The Morgan fingerprint density at radius 1 is 1.53 bits per heavy atom. The van der Waals surface area contributed by atoms with Crippen LogP contribution in [0, 0.1) is 4.77 Å². The molecule has 0 atom stereocenters. The molecule has 2 aromatic rings. The fourth-order valence-corrected chi connectivity index (χ4v) is 1.61. The molecule has 0 aliphatic heterocycles. The molecule has 78 valence electrons. The van der Waals surface area contributed by atoms with Crippen LogP contribution >= 0.6 is 23.8 Å². The number of phenols is 1. The Labute approximate surface area is 96.1 Å². The van der Waals surface area contributed by atoms with Gasteiger partial charge < -0.3 is 9.67 Å². The number of hydrogen-bond donors (Lipinski definition) is 2. The Morgan fingerprint density at radius 2 is 2.27 bits per heavy atom. The van der Waals surface area contributed by atoms with Crippen molar-refractivity contribution in [2.45, 2.75) is 0 Å². The van der Waals surface area contributed by atoms with Gasteiger partial charge in [0.1, 0.15) is 5.75 Å². The molecule has 1 heterocycles. The molecular weight excluding hydrogens is 234 g/mol. The Bertz CT molecular complexity index is 561. The average molecular weight is 242 g/mol. The minimum Gasteiger partial charge on any atom is -0.508 e. The highest BCUT2D eigenvalue weighted by Gasteiger charge is 2.10. The highest BCUT2D eigenvalue weighted by Crippen LogP contribution is 2.29. The van der Waals surface area contributed by atoms with Gasteiger partial charge in [0.05, 0.1) is 5.02 Å². The largest absolute Gasteiger partial charge is 0.508 e. The summed E-state index contributed by atoms with van der Waals surface area (Å²) < 4.78 is 2.19. The van der Waals surface area contributed by atoms with Crippen LogP contribution in [0.25, 0.3) is 11.4 Å². The lowest BCUT2D eigenvalue weighted by Gasteiger charge is -2.03. The van der Waals surface area contributed by atoms with Crippen molar-refractivity contribution in [2.24, 2.45) is 7.05 Å². The summed E-state index contributed by atoms with van der Waals surface area (Å²) in [5.74, 6) is 0.740. The summed E-state index contributed by atoms with van der Waals surface area (Å²) >= 11 is 11.0. The maximum absolute atomic E-state index is 9.36. The summed E-state index contributed by atoms with van der Waals surface area (Å²) in [5, 5.41) is 16.6. The van der Waals surface area contributed by atoms with E-state index in [1.807, 2.05) is 0 Å². The molecule has 0 fully saturated rings. The molecule has 4 nitrogen and oxygen atoms in total. The standard InChI is InChI=1S/C9H8ClN3OS/c1-13-8(11-12-9(13)15)6-4-5(14)2-3-7(6)10/h2-4,14H,1H3,(H,12,15). The molecule has 15 heavy (non-hydrogen) atoms. The Morgan fingerprint density at radius 3 is 2.87 bits per heavy atom. The van der Waals surface area contributed by atoms with Gasteiger partial charge in [-0.25, -0.2) is 0 Å². The second-order valence-electron chi connectivity index (χ2n) is 3.08. The molecule has 0 saturated heterocycles. The minimum absolute atomic E-state index is 0.142. The molecule has 0 aliphatic rings. The van der Waals surface area contributed by atoms with E-state index in [2.05, 4.69) is 10.2 Å². The van der Waals surface area contributed by atoms with Crippen LogP contribution in [0.15, 0.2) is 18.2 Å². The van der Waals surface area contributed by atoms with Gasteiger partial charge in [0.25, 0.3) is 0 Å². The van der Waals surface area contributed by atoms with Crippen molar-refractivity contribution in [2.75, 3.05) is 0 Å². The predicted molar refractivity (Wildman–Crippen MR) is 60.5 cm³/mol. The number of aromatic hydroxyl groups is 1. The van der Waals surface area contributed by atoms with Crippen molar-refractivity contribution in [3.8, 4) is 17.1 Å². The van der Waals surface area contributed by atoms with Crippen LogP contribution in [-0.4, -0.2) is 19.9 Å². The number of nitrogens with zero attached hydrogens (tertiary/aromatic N) is 2. The zero-order valence-corrected chi connectivity index (χ0v) is 9.43. The van der Waals surface area contributed by atoms with E-state index in [0.29, 0.717) is 21.2 Å². The molecule has 0 unspecified atom stereocenters. The highest BCUT2D eigenvalue weighted by molar-refractivity contribution is 7.71. The number of hydrogen-bond acceptors (Lipinski definition) is 3. The molecule has 0 saturated carbocycles. The lowest BCUT2D eigenvalue weighted by atomic mass is 10.2. The van der Waals surface area contributed by atoms with Crippen LogP contribution in [0.3, 0.4) is 0 Å². The first kappa shape index (κ1) is 10.2. The van der Waals surface area contributed by atoms with Gasteiger partial charge >= 0.3 is 0 Å². The van der Waals surface area contributed by atoms with Crippen molar-refractivity contribution in [1.29, 1.82) is 0 Å². The fourth-order valence-electron chi connectivity index (χ4n) is 1.27. The second kappa shape index (κ2) is 3.67. The summed E-state index contributed by atoms with van der Waals surface area (Å²) in [7, 11) is 1.78. The first-order chi connectivity index (χ1) is 7.09. The molecule has 2 rings (SSSR count). The Kier molecular flexibility index (Phi) is 2.50. The summed E-state index contributed by atoms with van der Waals surface area (Å²) in [6, 6.07) is 4.68. The van der Waals surface area contributed by atoms with Gasteiger partial charge in [-0.3, -0.25) is 5.10 Å². The van der Waals surface area contributed by atoms with E-state index < -0.39 is 0 Å². The van der Waals surface area contributed by atoms with Gasteiger partial charge in [0.2, 0.25) is 0 Å². The molecule has 0 amide bonds. The Hall–Kier alpha value is -1.33. The molecule has 0 radical (unpaired) electrons. The third kappa shape index (κ3) is 1.75. The SMILES string of the molecule is Cn1c(-c2cc(O)ccc2Cl)n[nH]c1=S. The topological polar surface area (TPSA) is 53.8 Å². The van der Waals surface area contributed by atoms with Gasteiger partial charge in [-0.05, 0) is 30.4 Å². The van der Waals surface area contributed by atoms with Gasteiger partial charge in [-0.15, -0.1) is 0 Å². The lowest BCUT2D eigenvalue weighted by molar-refractivity contribution is 0.475. The lowest BCUT2D eigenvalue weighted by Crippen LogP contribution is -1.93. The smallest absolute Gasteiger partial charge is 0.195 e. The highest BCUT2D eigenvalue weighted by atomic mass is 35.5. The fraction of sp³-hybridized carbons (Fsp3) is 0.111. The molecule has 2 N–H and O–H groups in total. The Balaban J connectivity index is 2.68. The average Bonchev–Trinajstić information content (AvgIpc) is 2.52. The van der Waals surface area contributed by atoms with Crippen LogP contribution in [0.1, 0.15) is 0 Å². The molecule has 0 spiro atoms. The van der Waals surface area contributed by atoms with E-state index in [-0.39, 0.29) is 5.75 Å². The van der Waals surface area contributed by atoms with E-state index >= 15 is 0 Å². The summed E-state index contributed by atoms with van der Waals surface area (Å²) in [6.45, 7) is 0. The first-order valence-electron chi connectivity index (χ1n) is 4.20. The van der Waals surface area contributed by atoms with Crippen molar-refractivity contribution < 1.29 is 5.11 Å². The maximum Gasteiger partial charge on any atom is 0.195 e. The van der Waals surface area contributed by atoms with Gasteiger partial charge in [0, 0.05) is 12.6 Å². The minimum atomic E-state index is 0.142. The zero-order valence-electron chi connectivity index (χ0n) is 7.86. The van der Waals surface area contributed by atoms with Gasteiger partial charge in [-0.2, -0.15) is 5.10 Å². The van der Waals surface area contributed by atoms with Crippen molar-refractivity contribution in [3.05, 3.63) is 28.0 Å². The molecule has 6 heteroatoms. The predicted octanol–water partition coefficient (Wildman–Crippen LogP) is 2.50.